The molecular weight excluding hydrogens is 164 g/mol. The molecule has 0 rings (SSSR count). The van der Waals surface area contributed by atoms with Crippen molar-refractivity contribution >= 4 is 17.7 Å². The van der Waals surface area contributed by atoms with Gasteiger partial charge in [-0.05, 0) is 6.08 Å². The molecule has 0 aliphatic rings. The zero-order valence-electron chi connectivity index (χ0n) is 6.19. The maximum Gasteiger partial charge on any atom is 0.376 e. The van der Waals surface area contributed by atoms with E-state index < -0.39 is 17.7 Å². The van der Waals surface area contributed by atoms with Crippen LogP contribution in [-0.2, 0) is 14.4 Å². The van der Waals surface area contributed by atoms with Gasteiger partial charge < -0.3 is 10.2 Å². The molecule has 5 heteroatoms. The summed E-state index contributed by atoms with van der Waals surface area (Å²) in [4.78, 5) is 28.6. The molecule has 0 amide bonds. The van der Waals surface area contributed by atoms with Crippen LogP contribution < -0.4 is 0 Å². The van der Waals surface area contributed by atoms with Crippen molar-refractivity contribution in [2.24, 2.45) is 0 Å². The van der Waals surface area contributed by atoms with Gasteiger partial charge >= 0.3 is 11.9 Å². The second-order valence-corrected chi connectivity index (χ2v) is 1.42. The first kappa shape index (κ1) is 12.7. The third-order valence-electron chi connectivity index (χ3n) is 0.571. The zero-order valence-corrected chi connectivity index (χ0v) is 6.19. The lowest BCUT2D eigenvalue weighted by Crippen LogP contribution is -2.07. The van der Waals surface area contributed by atoms with Gasteiger partial charge in [-0.1, -0.05) is 13.2 Å². The first-order chi connectivity index (χ1) is 5.45. The second kappa shape index (κ2) is 7.20. The Balaban J connectivity index is 0. The van der Waals surface area contributed by atoms with Gasteiger partial charge in [0.2, 0.25) is 0 Å². The van der Waals surface area contributed by atoms with Gasteiger partial charge in [-0.3, -0.25) is 4.79 Å². The molecule has 0 aliphatic heterocycles. The highest BCUT2D eigenvalue weighted by Gasteiger charge is 2.02. The van der Waals surface area contributed by atoms with Crippen LogP contribution in [0.4, 0.5) is 0 Å². The van der Waals surface area contributed by atoms with Crippen molar-refractivity contribution in [2.45, 2.75) is 0 Å². The Morgan fingerprint density at radius 1 is 1.00 bits per heavy atom. The molecule has 0 fully saturated rings. The number of carbonyl (C=O) groups is 3. The molecule has 0 saturated carbocycles. The molecule has 0 aromatic rings. The fourth-order valence-corrected chi connectivity index (χ4v) is 0.0873. The van der Waals surface area contributed by atoms with E-state index in [1.165, 1.54) is 0 Å². The number of carboxylic acids is 2. The number of hydrogen-bond acceptors (Lipinski definition) is 3. The normalized spacial score (nSPS) is 7.00. The Morgan fingerprint density at radius 3 is 1.33 bits per heavy atom. The van der Waals surface area contributed by atoms with Crippen LogP contribution in [0.15, 0.2) is 25.3 Å². The predicted molar refractivity (Wildman–Crippen MR) is 40.7 cm³/mol. The van der Waals surface area contributed by atoms with E-state index >= 15 is 0 Å². The minimum absolute atomic E-state index is 0.752. The summed E-state index contributed by atoms with van der Waals surface area (Å²) in [5, 5.41) is 15.4. The second-order valence-electron chi connectivity index (χ2n) is 1.42. The van der Waals surface area contributed by atoms with Crippen molar-refractivity contribution in [3.63, 3.8) is 0 Å². The lowest BCUT2D eigenvalue weighted by Gasteiger charge is -1.75. The van der Waals surface area contributed by atoms with Gasteiger partial charge in [-0.25, -0.2) is 9.59 Å². The van der Waals surface area contributed by atoms with Gasteiger partial charge in [0.25, 0.3) is 5.78 Å². The van der Waals surface area contributed by atoms with E-state index in [-0.39, 0.29) is 0 Å². The van der Waals surface area contributed by atoms with Crippen molar-refractivity contribution in [1.29, 1.82) is 0 Å². The standard InChI is InChI=1S/C4H4O3.C3H4O2/c1-2-3(5)4(6)7;1-2-3(4)5/h2H,1H2,(H,6,7);2H,1H2,(H,4,5). The summed E-state index contributed by atoms with van der Waals surface area (Å²) in [7, 11) is 0. The Hall–Kier alpha value is -1.91. The van der Waals surface area contributed by atoms with Gasteiger partial charge in [-0.2, -0.15) is 0 Å². The number of hydrogen-bond donors (Lipinski definition) is 2. The molecule has 0 bridgehead atoms. The molecule has 0 aliphatic carbocycles. The molecule has 0 saturated heterocycles. The van der Waals surface area contributed by atoms with E-state index in [1.807, 2.05) is 0 Å². The van der Waals surface area contributed by atoms with Crippen LogP contribution in [0, 0.1) is 0 Å². The third-order valence-corrected chi connectivity index (χ3v) is 0.571. The maximum atomic E-state index is 9.79. The van der Waals surface area contributed by atoms with Crippen molar-refractivity contribution in [3.8, 4) is 0 Å². The van der Waals surface area contributed by atoms with Crippen LogP contribution in [0.2, 0.25) is 0 Å². The summed E-state index contributed by atoms with van der Waals surface area (Å²) in [6.45, 7) is 5.91. The molecule has 2 N–H and O–H groups in total. The van der Waals surface area contributed by atoms with E-state index in [4.69, 9.17) is 10.2 Å². The number of carbonyl (C=O) groups excluding carboxylic acids is 1. The Labute approximate surface area is 68.6 Å². The molecule has 0 atom stereocenters. The number of carboxylic acid groups (broad SMARTS) is 2. The summed E-state index contributed by atoms with van der Waals surface area (Å²) in [5.74, 6) is -3.42. The van der Waals surface area contributed by atoms with Gasteiger partial charge in [0.05, 0.1) is 0 Å². The van der Waals surface area contributed by atoms with Crippen LogP contribution >= 0.6 is 0 Å². The van der Waals surface area contributed by atoms with E-state index in [1.54, 1.807) is 0 Å². The number of aliphatic carboxylic acids is 2. The molecule has 12 heavy (non-hydrogen) atoms. The molecule has 0 spiro atoms. The minimum atomic E-state index is -1.46. The van der Waals surface area contributed by atoms with Crippen LogP contribution in [0.5, 0.6) is 0 Å². The zero-order chi connectivity index (χ0) is 10.1. The molecule has 0 heterocycles. The summed E-state index contributed by atoms with van der Waals surface area (Å²) >= 11 is 0. The van der Waals surface area contributed by atoms with E-state index in [2.05, 4.69) is 13.2 Å². The van der Waals surface area contributed by atoms with Crippen molar-refractivity contribution in [1.82, 2.24) is 0 Å². The summed E-state index contributed by atoms with van der Waals surface area (Å²) in [6, 6.07) is 0. The van der Waals surface area contributed by atoms with E-state index in [9.17, 15) is 14.4 Å². The Bertz CT molecular complexity index is 216. The lowest BCUT2D eigenvalue weighted by molar-refractivity contribution is -0.146. The van der Waals surface area contributed by atoms with Crippen molar-refractivity contribution in [3.05, 3.63) is 25.3 Å². The van der Waals surface area contributed by atoms with Crippen molar-refractivity contribution < 1.29 is 24.6 Å². The number of rotatable bonds is 3. The fourth-order valence-electron chi connectivity index (χ4n) is 0.0873. The summed E-state index contributed by atoms with van der Waals surface area (Å²) in [5.41, 5.74) is 0. The molecule has 0 aromatic heterocycles. The third kappa shape index (κ3) is 11.0. The lowest BCUT2D eigenvalue weighted by atomic mass is 10.4. The minimum Gasteiger partial charge on any atom is -0.478 e. The average Bonchev–Trinajstić information content (AvgIpc) is 2.04. The van der Waals surface area contributed by atoms with Gasteiger partial charge in [0.1, 0.15) is 0 Å². The summed E-state index contributed by atoms with van der Waals surface area (Å²) < 4.78 is 0. The SMILES string of the molecule is C=CC(=O)C(=O)O.C=CC(=O)O. The van der Waals surface area contributed by atoms with Crippen LogP contribution in [0.25, 0.3) is 0 Å². The molecule has 5 nitrogen and oxygen atoms in total. The van der Waals surface area contributed by atoms with E-state index in [0.29, 0.717) is 0 Å². The molecular formula is C7H8O5. The van der Waals surface area contributed by atoms with Crippen LogP contribution in [0.3, 0.4) is 0 Å². The highest BCUT2D eigenvalue weighted by Crippen LogP contribution is 1.68. The van der Waals surface area contributed by atoms with Gasteiger partial charge in [0, 0.05) is 6.08 Å². The maximum absolute atomic E-state index is 9.79. The smallest absolute Gasteiger partial charge is 0.376 e. The monoisotopic (exact) mass is 172 g/mol. The highest BCUT2D eigenvalue weighted by molar-refractivity contribution is 6.37. The highest BCUT2D eigenvalue weighted by atomic mass is 16.4. The topological polar surface area (TPSA) is 91.7 Å². The quantitative estimate of drug-likeness (QED) is 0.464. The van der Waals surface area contributed by atoms with Crippen LogP contribution in [-0.4, -0.2) is 27.9 Å². The average molecular weight is 172 g/mol. The molecule has 0 radical (unpaired) electrons. The van der Waals surface area contributed by atoms with Crippen molar-refractivity contribution in [2.75, 3.05) is 0 Å². The Kier molecular flexibility index (Phi) is 7.64. The van der Waals surface area contributed by atoms with E-state index in [0.717, 1.165) is 12.2 Å². The summed E-state index contributed by atoms with van der Waals surface area (Å²) in [6.07, 6.45) is 1.59. The molecule has 66 valence electrons. The number of ketones is 1. The first-order valence-electron chi connectivity index (χ1n) is 2.70. The first-order valence-corrected chi connectivity index (χ1v) is 2.70. The molecule has 0 unspecified atom stereocenters. The predicted octanol–water partition coefficient (Wildman–Crippen LogP) is 0.0831. The molecule has 0 aromatic carbocycles. The van der Waals surface area contributed by atoms with Gasteiger partial charge in [0.15, 0.2) is 0 Å². The Morgan fingerprint density at radius 2 is 1.33 bits per heavy atom. The van der Waals surface area contributed by atoms with Crippen LogP contribution in [0.1, 0.15) is 0 Å². The fraction of sp³-hybridized carbons (Fsp3) is 0. The largest absolute Gasteiger partial charge is 0.478 e. The van der Waals surface area contributed by atoms with Gasteiger partial charge in [-0.15, -0.1) is 0 Å².